The third kappa shape index (κ3) is 4.17. The van der Waals surface area contributed by atoms with Crippen molar-refractivity contribution in [3.05, 3.63) is 108 Å². The maximum absolute atomic E-state index is 12.3. The number of nitrogens with zero attached hydrogens (tertiary/aromatic N) is 2. The second-order valence-electron chi connectivity index (χ2n) is 7.99. The van der Waals surface area contributed by atoms with Gasteiger partial charge in [0.25, 0.3) is 0 Å². The molecule has 5 aromatic rings. The summed E-state index contributed by atoms with van der Waals surface area (Å²) in [5, 5.41) is 13.3. The quantitative estimate of drug-likeness (QED) is 0.305. The number of aromatic carboxylic acids is 1. The molecular formula is C28H24N2O3. The topological polar surface area (TPSA) is 64.3 Å². The monoisotopic (exact) mass is 436 g/mol. The predicted octanol–water partition coefficient (Wildman–Crippen LogP) is 5.95. The normalized spacial score (nSPS) is 11.2. The minimum atomic E-state index is -0.924. The fourth-order valence-electron chi connectivity index (χ4n) is 4.44. The molecule has 3 aromatic carbocycles. The lowest BCUT2D eigenvalue weighted by molar-refractivity contribution is 0.0684. The second-order valence-corrected chi connectivity index (χ2v) is 7.99. The van der Waals surface area contributed by atoms with E-state index in [1.165, 1.54) is 0 Å². The highest BCUT2D eigenvalue weighted by atomic mass is 16.5. The minimum Gasteiger partial charge on any atom is -0.493 e. The van der Waals surface area contributed by atoms with E-state index in [1.807, 2.05) is 71.3 Å². The van der Waals surface area contributed by atoms with Gasteiger partial charge in [-0.1, -0.05) is 60.7 Å². The molecule has 1 N–H and O–H groups in total. The Kier molecular flexibility index (Phi) is 5.77. The van der Waals surface area contributed by atoms with Gasteiger partial charge in [0.1, 0.15) is 11.4 Å². The number of hydrogen-bond donors (Lipinski definition) is 1. The largest absolute Gasteiger partial charge is 0.493 e. The van der Waals surface area contributed by atoms with Crippen LogP contribution in [0.3, 0.4) is 0 Å². The summed E-state index contributed by atoms with van der Waals surface area (Å²) in [6.07, 6.45) is 3.05. The summed E-state index contributed by atoms with van der Waals surface area (Å²) in [5.41, 5.74) is 2.90. The number of benzene rings is 3. The van der Waals surface area contributed by atoms with Gasteiger partial charge in [-0.25, -0.2) is 4.79 Å². The first-order chi connectivity index (χ1) is 16.2. The molecule has 5 rings (SSSR count). The Morgan fingerprint density at radius 1 is 0.879 bits per heavy atom. The lowest BCUT2D eigenvalue weighted by Crippen LogP contribution is -2.12. The van der Waals surface area contributed by atoms with Crippen LogP contribution in [-0.4, -0.2) is 27.2 Å². The molecule has 0 fully saturated rings. The number of aryl methyl sites for hydroxylation is 1. The Morgan fingerprint density at radius 2 is 1.64 bits per heavy atom. The summed E-state index contributed by atoms with van der Waals surface area (Å²) in [4.78, 5) is 16.7. The maximum atomic E-state index is 12.3. The van der Waals surface area contributed by atoms with E-state index in [0.717, 1.165) is 38.7 Å². The van der Waals surface area contributed by atoms with E-state index in [0.29, 0.717) is 31.7 Å². The van der Waals surface area contributed by atoms with Crippen molar-refractivity contribution in [1.29, 1.82) is 0 Å². The molecule has 164 valence electrons. The van der Waals surface area contributed by atoms with Gasteiger partial charge in [-0.05, 0) is 48.1 Å². The fourth-order valence-corrected chi connectivity index (χ4v) is 4.44. The first kappa shape index (κ1) is 20.8. The Morgan fingerprint density at radius 3 is 2.45 bits per heavy atom. The van der Waals surface area contributed by atoms with Crippen molar-refractivity contribution in [1.82, 2.24) is 9.55 Å². The first-order valence-corrected chi connectivity index (χ1v) is 11.1. The summed E-state index contributed by atoms with van der Waals surface area (Å²) in [7, 11) is 0. The predicted molar refractivity (Wildman–Crippen MR) is 130 cm³/mol. The smallest absolute Gasteiger partial charge is 0.352 e. The molecule has 0 aliphatic heterocycles. The zero-order valence-corrected chi connectivity index (χ0v) is 18.1. The lowest BCUT2D eigenvalue weighted by Gasteiger charge is -2.10. The van der Waals surface area contributed by atoms with E-state index in [-0.39, 0.29) is 0 Å². The Bertz CT molecular complexity index is 1420. The molecule has 0 spiro atoms. The van der Waals surface area contributed by atoms with Crippen LogP contribution >= 0.6 is 0 Å². The molecule has 0 aliphatic carbocycles. The zero-order chi connectivity index (χ0) is 22.6. The molecule has 0 saturated heterocycles. The number of carboxylic acid groups (broad SMARTS) is 1. The Labute approximate surface area is 191 Å². The molecule has 0 unspecified atom stereocenters. The highest BCUT2D eigenvalue weighted by Crippen LogP contribution is 2.29. The molecule has 0 radical (unpaired) electrons. The van der Waals surface area contributed by atoms with Crippen LogP contribution in [-0.2, 0) is 13.0 Å². The number of rotatable bonds is 8. The molecule has 5 nitrogen and oxygen atoms in total. The highest BCUT2D eigenvalue weighted by Gasteiger charge is 2.22. The molecule has 0 aliphatic rings. The van der Waals surface area contributed by atoms with Crippen molar-refractivity contribution in [2.24, 2.45) is 0 Å². The van der Waals surface area contributed by atoms with E-state index >= 15 is 0 Å². The van der Waals surface area contributed by atoms with Crippen LogP contribution in [0.25, 0.3) is 21.7 Å². The van der Waals surface area contributed by atoms with Crippen molar-refractivity contribution in [3.8, 4) is 5.75 Å². The fraction of sp³-hybridized carbons (Fsp3) is 0.143. The lowest BCUT2D eigenvalue weighted by atomic mass is 10.1. The third-order valence-corrected chi connectivity index (χ3v) is 5.90. The van der Waals surface area contributed by atoms with Gasteiger partial charge in [-0.3, -0.25) is 4.98 Å². The van der Waals surface area contributed by atoms with Gasteiger partial charge < -0.3 is 14.4 Å². The molecule has 0 amide bonds. The Balaban J connectivity index is 1.41. The van der Waals surface area contributed by atoms with E-state index in [9.17, 15) is 9.90 Å². The maximum Gasteiger partial charge on any atom is 0.352 e. The van der Waals surface area contributed by atoms with Crippen molar-refractivity contribution >= 4 is 27.6 Å². The molecule has 33 heavy (non-hydrogen) atoms. The SMILES string of the molecule is O=C(O)c1c(CCCOc2cccc3ccccc23)c2ccccc2n1Cc1ccccn1. The number of carbonyl (C=O) groups is 1. The summed E-state index contributed by atoms with van der Waals surface area (Å²) in [6, 6.07) is 27.7. The number of carboxylic acids is 1. The average Bonchev–Trinajstić information content (AvgIpc) is 3.16. The molecule has 5 heteroatoms. The van der Waals surface area contributed by atoms with Gasteiger partial charge in [0, 0.05) is 22.5 Å². The molecule has 2 aromatic heterocycles. The second kappa shape index (κ2) is 9.17. The van der Waals surface area contributed by atoms with Gasteiger partial charge in [-0.2, -0.15) is 0 Å². The van der Waals surface area contributed by atoms with Crippen LogP contribution in [0, 0.1) is 0 Å². The van der Waals surface area contributed by atoms with Gasteiger partial charge in [0.2, 0.25) is 0 Å². The van der Waals surface area contributed by atoms with Crippen LogP contribution in [0.5, 0.6) is 5.75 Å². The molecule has 0 atom stereocenters. The molecule has 2 heterocycles. The highest BCUT2D eigenvalue weighted by molar-refractivity contribution is 5.98. The van der Waals surface area contributed by atoms with Crippen LogP contribution in [0.15, 0.2) is 91.1 Å². The van der Waals surface area contributed by atoms with Crippen LogP contribution < -0.4 is 4.74 Å². The number of ether oxygens (including phenoxy) is 1. The Hall–Kier alpha value is -4.12. The summed E-state index contributed by atoms with van der Waals surface area (Å²) >= 11 is 0. The van der Waals surface area contributed by atoms with Crippen LogP contribution in [0.2, 0.25) is 0 Å². The van der Waals surface area contributed by atoms with Crippen molar-refractivity contribution in [2.75, 3.05) is 6.61 Å². The van der Waals surface area contributed by atoms with Gasteiger partial charge in [0.15, 0.2) is 0 Å². The van der Waals surface area contributed by atoms with Crippen molar-refractivity contribution in [3.63, 3.8) is 0 Å². The van der Waals surface area contributed by atoms with Crippen LogP contribution in [0.4, 0.5) is 0 Å². The van der Waals surface area contributed by atoms with Gasteiger partial charge >= 0.3 is 5.97 Å². The van der Waals surface area contributed by atoms with E-state index in [4.69, 9.17) is 4.74 Å². The summed E-state index contributed by atoms with van der Waals surface area (Å²) in [6.45, 7) is 0.919. The van der Waals surface area contributed by atoms with Gasteiger partial charge in [-0.15, -0.1) is 0 Å². The van der Waals surface area contributed by atoms with Crippen molar-refractivity contribution < 1.29 is 14.6 Å². The van der Waals surface area contributed by atoms with Crippen molar-refractivity contribution in [2.45, 2.75) is 19.4 Å². The van der Waals surface area contributed by atoms with E-state index in [1.54, 1.807) is 6.20 Å². The average molecular weight is 437 g/mol. The van der Waals surface area contributed by atoms with E-state index in [2.05, 4.69) is 23.2 Å². The zero-order valence-electron chi connectivity index (χ0n) is 18.1. The van der Waals surface area contributed by atoms with Crippen LogP contribution in [0.1, 0.15) is 28.2 Å². The number of fused-ring (bicyclic) bond motifs is 2. The number of pyridine rings is 1. The van der Waals surface area contributed by atoms with Gasteiger partial charge in [0.05, 0.1) is 18.8 Å². The van der Waals surface area contributed by atoms with E-state index < -0.39 is 5.97 Å². The number of aromatic nitrogens is 2. The number of hydrogen-bond acceptors (Lipinski definition) is 3. The third-order valence-electron chi connectivity index (χ3n) is 5.90. The minimum absolute atomic E-state index is 0.326. The standard InChI is InChI=1S/C28H24N2O3/c31-28(32)27-24(14-8-18-33-26-16-7-10-20-9-1-2-12-22(20)26)23-13-3-4-15-25(23)30(27)19-21-11-5-6-17-29-21/h1-7,9-13,15-17H,8,14,18-19H2,(H,31,32). The molecular weight excluding hydrogens is 412 g/mol. The summed E-state index contributed by atoms with van der Waals surface area (Å²) in [5.74, 6) is -0.0729. The number of para-hydroxylation sites is 1. The first-order valence-electron chi connectivity index (χ1n) is 11.1. The summed E-state index contributed by atoms with van der Waals surface area (Å²) < 4.78 is 7.95. The molecule has 0 saturated carbocycles. The molecule has 0 bridgehead atoms.